The summed E-state index contributed by atoms with van der Waals surface area (Å²) in [7, 11) is 0. The van der Waals surface area contributed by atoms with E-state index in [0.29, 0.717) is 22.8 Å². The van der Waals surface area contributed by atoms with Crippen LogP contribution in [0.3, 0.4) is 0 Å². The predicted octanol–water partition coefficient (Wildman–Crippen LogP) is 3.78. The number of hydrogen-bond acceptors (Lipinski definition) is 4. The van der Waals surface area contributed by atoms with Gasteiger partial charge in [0.25, 0.3) is 0 Å². The first-order chi connectivity index (χ1) is 10.5. The first kappa shape index (κ1) is 15.3. The highest BCUT2D eigenvalue weighted by Gasteiger charge is 2.07. The molecule has 0 atom stereocenters. The van der Waals surface area contributed by atoms with Gasteiger partial charge in [0.15, 0.2) is 0 Å². The lowest BCUT2D eigenvalue weighted by Crippen LogP contribution is -2.16. The Bertz CT molecular complexity index is 678. The van der Waals surface area contributed by atoms with Crippen molar-refractivity contribution in [2.24, 2.45) is 0 Å². The quantitative estimate of drug-likeness (QED) is 0.530. The van der Waals surface area contributed by atoms with Crippen LogP contribution in [0.1, 0.15) is 6.92 Å². The summed E-state index contributed by atoms with van der Waals surface area (Å²) in [6.07, 6.45) is -0.599. The van der Waals surface area contributed by atoms with Crippen molar-refractivity contribution in [3.63, 3.8) is 0 Å². The van der Waals surface area contributed by atoms with Crippen molar-refractivity contribution in [2.75, 3.05) is 5.32 Å². The van der Waals surface area contributed by atoms with Gasteiger partial charge < -0.3 is 9.47 Å². The SMILES string of the molecule is C=C(C)C(=O)Oc1ccc(NC(=O)Oc2ccccc2)cc1. The summed E-state index contributed by atoms with van der Waals surface area (Å²) in [4.78, 5) is 23.1. The van der Waals surface area contributed by atoms with Gasteiger partial charge in [-0.05, 0) is 43.3 Å². The minimum atomic E-state index is -0.599. The van der Waals surface area contributed by atoms with Gasteiger partial charge in [-0.3, -0.25) is 5.32 Å². The number of amides is 1. The average molecular weight is 297 g/mol. The van der Waals surface area contributed by atoms with Gasteiger partial charge in [-0.25, -0.2) is 9.59 Å². The van der Waals surface area contributed by atoms with Crippen LogP contribution in [0.4, 0.5) is 10.5 Å². The van der Waals surface area contributed by atoms with Crippen LogP contribution in [-0.4, -0.2) is 12.1 Å². The summed E-state index contributed by atoms with van der Waals surface area (Å²) in [5.74, 6) is 0.325. The summed E-state index contributed by atoms with van der Waals surface area (Å²) >= 11 is 0. The van der Waals surface area contributed by atoms with Crippen molar-refractivity contribution >= 4 is 17.7 Å². The first-order valence-electron chi connectivity index (χ1n) is 6.56. The van der Waals surface area contributed by atoms with E-state index in [9.17, 15) is 9.59 Å². The Labute approximate surface area is 128 Å². The van der Waals surface area contributed by atoms with Crippen LogP contribution < -0.4 is 14.8 Å². The zero-order valence-electron chi connectivity index (χ0n) is 12.0. The molecule has 0 saturated heterocycles. The third-order valence-electron chi connectivity index (χ3n) is 2.61. The molecule has 0 aliphatic heterocycles. The van der Waals surface area contributed by atoms with E-state index in [2.05, 4.69) is 11.9 Å². The lowest BCUT2D eigenvalue weighted by Gasteiger charge is -2.08. The number of esters is 1. The number of benzene rings is 2. The number of nitrogens with one attached hydrogen (secondary N) is 1. The second kappa shape index (κ2) is 7.08. The third-order valence-corrected chi connectivity index (χ3v) is 2.61. The molecule has 0 fully saturated rings. The second-order valence-electron chi connectivity index (χ2n) is 4.52. The summed E-state index contributed by atoms with van der Waals surface area (Å²) in [6.45, 7) is 5.07. The highest BCUT2D eigenvalue weighted by atomic mass is 16.6. The maximum absolute atomic E-state index is 11.7. The molecule has 0 aliphatic rings. The van der Waals surface area contributed by atoms with E-state index < -0.39 is 12.1 Å². The minimum absolute atomic E-state index is 0.314. The Morgan fingerprint density at radius 1 is 0.909 bits per heavy atom. The molecule has 0 aromatic heterocycles. The van der Waals surface area contributed by atoms with E-state index in [1.807, 2.05) is 6.07 Å². The monoisotopic (exact) mass is 297 g/mol. The molecule has 0 heterocycles. The molecule has 1 N–H and O–H groups in total. The molecule has 0 aliphatic carbocycles. The maximum Gasteiger partial charge on any atom is 0.417 e. The molecule has 112 valence electrons. The normalized spacial score (nSPS) is 9.68. The fourth-order valence-electron chi connectivity index (χ4n) is 1.54. The summed E-state index contributed by atoms with van der Waals surface area (Å²) in [5, 5.41) is 2.57. The van der Waals surface area contributed by atoms with Crippen molar-refractivity contribution in [1.82, 2.24) is 0 Å². The Balaban J connectivity index is 1.92. The average Bonchev–Trinajstić information content (AvgIpc) is 2.50. The molecular weight excluding hydrogens is 282 g/mol. The van der Waals surface area contributed by atoms with Gasteiger partial charge in [-0.15, -0.1) is 0 Å². The van der Waals surface area contributed by atoms with Crippen LogP contribution in [0.15, 0.2) is 66.7 Å². The first-order valence-corrected chi connectivity index (χ1v) is 6.56. The standard InChI is InChI=1S/C17H15NO4/c1-12(2)16(19)21-15-10-8-13(9-11-15)18-17(20)22-14-6-4-3-5-7-14/h3-11H,1H2,2H3,(H,18,20). The van der Waals surface area contributed by atoms with Crippen molar-refractivity contribution in [1.29, 1.82) is 0 Å². The van der Waals surface area contributed by atoms with E-state index in [4.69, 9.17) is 9.47 Å². The fourth-order valence-corrected chi connectivity index (χ4v) is 1.54. The van der Waals surface area contributed by atoms with E-state index in [1.165, 1.54) is 0 Å². The molecule has 1 amide bonds. The van der Waals surface area contributed by atoms with Crippen LogP contribution in [-0.2, 0) is 4.79 Å². The van der Waals surface area contributed by atoms with Gasteiger partial charge in [0.05, 0.1) is 0 Å². The van der Waals surface area contributed by atoms with Gasteiger partial charge in [0.1, 0.15) is 11.5 Å². The van der Waals surface area contributed by atoms with Crippen LogP contribution >= 0.6 is 0 Å². The molecule has 0 bridgehead atoms. The number of ether oxygens (including phenoxy) is 2. The molecule has 0 unspecified atom stereocenters. The summed E-state index contributed by atoms with van der Waals surface area (Å²) in [5.41, 5.74) is 0.838. The van der Waals surface area contributed by atoms with Crippen LogP contribution in [0, 0.1) is 0 Å². The van der Waals surface area contributed by atoms with Gasteiger partial charge in [0, 0.05) is 11.3 Å². The van der Waals surface area contributed by atoms with Gasteiger partial charge in [0.2, 0.25) is 0 Å². The van der Waals surface area contributed by atoms with Crippen LogP contribution in [0.25, 0.3) is 0 Å². The van der Waals surface area contributed by atoms with Gasteiger partial charge in [-0.2, -0.15) is 0 Å². The van der Waals surface area contributed by atoms with E-state index >= 15 is 0 Å². The Morgan fingerprint density at radius 3 is 2.09 bits per heavy atom. The van der Waals surface area contributed by atoms with E-state index in [-0.39, 0.29) is 0 Å². The molecule has 2 aromatic rings. The lowest BCUT2D eigenvalue weighted by molar-refractivity contribution is -0.130. The summed E-state index contributed by atoms with van der Waals surface area (Å²) < 4.78 is 10.1. The number of anilines is 1. The lowest BCUT2D eigenvalue weighted by atomic mass is 10.3. The van der Waals surface area contributed by atoms with Gasteiger partial charge in [-0.1, -0.05) is 24.8 Å². The fraction of sp³-hybridized carbons (Fsp3) is 0.0588. The molecule has 5 nitrogen and oxygen atoms in total. The highest BCUT2D eigenvalue weighted by molar-refractivity contribution is 5.89. The van der Waals surface area contributed by atoms with Crippen LogP contribution in [0.5, 0.6) is 11.5 Å². The maximum atomic E-state index is 11.7. The Kier molecular flexibility index (Phi) is 4.93. The predicted molar refractivity (Wildman–Crippen MR) is 83.0 cm³/mol. The largest absolute Gasteiger partial charge is 0.423 e. The molecule has 0 saturated carbocycles. The van der Waals surface area contributed by atoms with Crippen molar-refractivity contribution in [3.8, 4) is 11.5 Å². The van der Waals surface area contributed by atoms with E-state index in [0.717, 1.165) is 0 Å². The van der Waals surface area contributed by atoms with Crippen molar-refractivity contribution in [2.45, 2.75) is 6.92 Å². The molecule has 5 heteroatoms. The molecule has 22 heavy (non-hydrogen) atoms. The topological polar surface area (TPSA) is 64.6 Å². The highest BCUT2D eigenvalue weighted by Crippen LogP contribution is 2.17. The Hall–Kier alpha value is -3.08. The minimum Gasteiger partial charge on any atom is -0.423 e. The third kappa shape index (κ3) is 4.49. The van der Waals surface area contributed by atoms with Crippen LogP contribution in [0.2, 0.25) is 0 Å². The number of carbonyl (C=O) groups is 2. The number of rotatable bonds is 4. The molecular formula is C17H15NO4. The van der Waals surface area contributed by atoms with E-state index in [1.54, 1.807) is 55.5 Å². The zero-order valence-corrected chi connectivity index (χ0v) is 12.0. The van der Waals surface area contributed by atoms with Crippen molar-refractivity contribution < 1.29 is 19.1 Å². The second-order valence-corrected chi connectivity index (χ2v) is 4.52. The number of carbonyl (C=O) groups excluding carboxylic acids is 2. The summed E-state index contributed by atoms with van der Waals surface area (Å²) in [6, 6.07) is 15.1. The zero-order chi connectivity index (χ0) is 15.9. The Morgan fingerprint density at radius 2 is 1.50 bits per heavy atom. The molecule has 0 spiro atoms. The number of hydrogen-bond donors (Lipinski definition) is 1. The smallest absolute Gasteiger partial charge is 0.417 e. The van der Waals surface area contributed by atoms with Gasteiger partial charge >= 0.3 is 12.1 Å². The number of para-hydroxylation sites is 1. The molecule has 0 radical (unpaired) electrons. The molecule has 2 rings (SSSR count). The molecule has 2 aromatic carbocycles. The van der Waals surface area contributed by atoms with Crippen molar-refractivity contribution in [3.05, 3.63) is 66.7 Å².